The first-order chi connectivity index (χ1) is 10.9. The maximum absolute atomic E-state index is 11.7. The Balaban J connectivity index is 1.67. The highest BCUT2D eigenvalue weighted by Gasteiger charge is 2.25. The lowest BCUT2D eigenvalue weighted by atomic mass is 9.98. The molecule has 2 rings (SSSR count). The summed E-state index contributed by atoms with van der Waals surface area (Å²) in [6.45, 7) is 1.42. The number of rotatable bonds is 5. The van der Waals surface area contributed by atoms with Crippen LogP contribution in [0.5, 0.6) is 0 Å². The second-order valence-electron chi connectivity index (χ2n) is 5.58. The highest BCUT2D eigenvalue weighted by Crippen LogP contribution is 2.18. The van der Waals surface area contributed by atoms with Gasteiger partial charge in [-0.05, 0) is 30.9 Å². The summed E-state index contributed by atoms with van der Waals surface area (Å²) >= 11 is 0. The molecule has 0 unspecified atom stereocenters. The Kier molecular flexibility index (Phi) is 5.78. The fourth-order valence-corrected chi connectivity index (χ4v) is 3.30. The number of carbonyl (C=O) groups is 2. The molecule has 0 saturated carbocycles. The van der Waals surface area contributed by atoms with Gasteiger partial charge in [0.15, 0.2) is 0 Å². The third kappa shape index (κ3) is 5.36. The molecular weight excluding hydrogens is 322 g/mol. The third-order valence-electron chi connectivity index (χ3n) is 3.80. The fraction of sp³-hybridized carbons (Fsp3) is 0.571. The van der Waals surface area contributed by atoms with Crippen molar-refractivity contribution < 1.29 is 22.4 Å². The molecule has 1 aromatic heterocycles. The molecule has 8 nitrogen and oxygen atoms in total. The second kappa shape index (κ2) is 7.60. The lowest BCUT2D eigenvalue weighted by molar-refractivity contribution is -0.139. The van der Waals surface area contributed by atoms with Gasteiger partial charge >= 0.3 is 11.8 Å². The molecule has 23 heavy (non-hydrogen) atoms. The summed E-state index contributed by atoms with van der Waals surface area (Å²) in [5.74, 6) is -0.661. The van der Waals surface area contributed by atoms with Crippen molar-refractivity contribution in [2.45, 2.75) is 19.4 Å². The van der Waals surface area contributed by atoms with Crippen LogP contribution >= 0.6 is 0 Å². The van der Waals surface area contributed by atoms with Crippen molar-refractivity contribution >= 4 is 21.8 Å². The average Bonchev–Trinajstić information content (AvgIpc) is 3.03. The van der Waals surface area contributed by atoms with Crippen LogP contribution in [-0.2, 0) is 26.2 Å². The van der Waals surface area contributed by atoms with Crippen molar-refractivity contribution in [3.05, 3.63) is 24.2 Å². The predicted molar refractivity (Wildman–Crippen MR) is 82.7 cm³/mol. The first kappa shape index (κ1) is 17.5. The zero-order valence-electron chi connectivity index (χ0n) is 12.9. The molecule has 1 fully saturated rings. The summed E-state index contributed by atoms with van der Waals surface area (Å²) in [4.78, 5) is 23.4. The minimum absolute atomic E-state index is 0.159. The zero-order valence-corrected chi connectivity index (χ0v) is 13.8. The minimum Gasteiger partial charge on any atom is -0.467 e. The van der Waals surface area contributed by atoms with Crippen LogP contribution in [0, 0.1) is 5.92 Å². The SMILES string of the molecule is CS(=O)(=O)N1CCC(CNC(=O)C(=O)NCc2ccco2)CC1. The van der Waals surface area contributed by atoms with Crippen LogP contribution < -0.4 is 10.6 Å². The van der Waals surface area contributed by atoms with Crippen molar-refractivity contribution in [1.82, 2.24) is 14.9 Å². The van der Waals surface area contributed by atoms with E-state index in [1.54, 1.807) is 12.1 Å². The van der Waals surface area contributed by atoms with E-state index in [9.17, 15) is 18.0 Å². The molecule has 1 aliphatic heterocycles. The van der Waals surface area contributed by atoms with E-state index in [1.165, 1.54) is 16.8 Å². The lowest BCUT2D eigenvalue weighted by Crippen LogP contribution is -2.44. The van der Waals surface area contributed by atoms with Crippen molar-refractivity contribution in [1.29, 1.82) is 0 Å². The molecule has 0 radical (unpaired) electrons. The molecule has 1 aliphatic rings. The van der Waals surface area contributed by atoms with E-state index >= 15 is 0 Å². The molecule has 0 aliphatic carbocycles. The van der Waals surface area contributed by atoms with Crippen LogP contribution in [0.4, 0.5) is 0 Å². The monoisotopic (exact) mass is 343 g/mol. The van der Waals surface area contributed by atoms with Crippen LogP contribution in [0.3, 0.4) is 0 Å². The summed E-state index contributed by atoms with van der Waals surface area (Å²) < 4.78 is 29.3. The van der Waals surface area contributed by atoms with Crippen LogP contribution in [0.15, 0.2) is 22.8 Å². The molecule has 2 heterocycles. The van der Waals surface area contributed by atoms with Gasteiger partial charge < -0.3 is 15.1 Å². The third-order valence-corrected chi connectivity index (χ3v) is 5.11. The van der Waals surface area contributed by atoms with Gasteiger partial charge in [-0.2, -0.15) is 0 Å². The Morgan fingerprint density at radius 1 is 1.26 bits per heavy atom. The van der Waals surface area contributed by atoms with E-state index in [0.717, 1.165) is 0 Å². The maximum Gasteiger partial charge on any atom is 0.309 e. The summed E-state index contributed by atoms with van der Waals surface area (Å²) in [6.07, 6.45) is 4.02. The fourth-order valence-electron chi connectivity index (χ4n) is 2.42. The molecule has 2 amide bonds. The Bertz CT molecular complexity index is 633. The molecule has 9 heteroatoms. The molecule has 0 aromatic carbocycles. The number of sulfonamides is 1. The first-order valence-corrected chi connectivity index (χ1v) is 9.24. The quantitative estimate of drug-likeness (QED) is 0.713. The highest BCUT2D eigenvalue weighted by molar-refractivity contribution is 7.88. The van der Waals surface area contributed by atoms with Crippen molar-refractivity contribution in [3.8, 4) is 0 Å². The molecule has 0 atom stereocenters. The molecular formula is C14H21N3O5S. The number of furan rings is 1. The summed E-state index contributed by atoms with van der Waals surface area (Å²) in [7, 11) is -3.15. The van der Waals surface area contributed by atoms with Crippen LogP contribution in [0.1, 0.15) is 18.6 Å². The standard InChI is InChI=1S/C14H21N3O5S/c1-23(20,21)17-6-4-11(5-7-17)9-15-13(18)14(19)16-10-12-3-2-8-22-12/h2-3,8,11H,4-7,9-10H2,1H3,(H,15,18)(H,16,19). The zero-order chi connectivity index (χ0) is 16.9. The number of nitrogens with one attached hydrogen (secondary N) is 2. The smallest absolute Gasteiger partial charge is 0.309 e. The van der Waals surface area contributed by atoms with Crippen molar-refractivity contribution in [2.75, 3.05) is 25.9 Å². The van der Waals surface area contributed by atoms with Gasteiger partial charge in [0, 0.05) is 19.6 Å². The van der Waals surface area contributed by atoms with E-state index in [0.29, 0.717) is 38.2 Å². The Hall–Kier alpha value is -1.87. The summed E-state index contributed by atoms with van der Waals surface area (Å²) in [6, 6.07) is 3.40. The van der Waals surface area contributed by atoms with E-state index < -0.39 is 21.8 Å². The second-order valence-corrected chi connectivity index (χ2v) is 7.56. The Labute approximate surface area is 135 Å². The van der Waals surface area contributed by atoms with Gasteiger partial charge in [-0.1, -0.05) is 0 Å². The van der Waals surface area contributed by atoms with Gasteiger partial charge in [-0.3, -0.25) is 9.59 Å². The maximum atomic E-state index is 11.7. The number of nitrogens with zero attached hydrogens (tertiary/aromatic N) is 1. The van der Waals surface area contributed by atoms with Gasteiger partial charge in [0.05, 0.1) is 19.1 Å². The van der Waals surface area contributed by atoms with Gasteiger partial charge in [0.1, 0.15) is 5.76 Å². The Morgan fingerprint density at radius 2 is 1.91 bits per heavy atom. The van der Waals surface area contributed by atoms with Gasteiger partial charge in [0.2, 0.25) is 10.0 Å². The average molecular weight is 343 g/mol. The lowest BCUT2D eigenvalue weighted by Gasteiger charge is -2.30. The number of hydrogen-bond donors (Lipinski definition) is 2. The van der Waals surface area contributed by atoms with E-state index in [1.807, 2.05) is 0 Å². The normalized spacial score (nSPS) is 16.9. The largest absolute Gasteiger partial charge is 0.467 e. The summed E-state index contributed by atoms with van der Waals surface area (Å²) in [5.41, 5.74) is 0. The molecule has 2 N–H and O–H groups in total. The van der Waals surface area contributed by atoms with Gasteiger partial charge in [0.25, 0.3) is 0 Å². The molecule has 1 aromatic rings. The first-order valence-electron chi connectivity index (χ1n) is 7.40. The van der Waals surface area contributed by atoms with Gasteiger partial charge in [-0.15, -0.1) is 0 Å². The minimum atomic E-state index is -3.15. The topological polar surface area (TPSA) is 109 Å². The van der Waals surface area contributed by atoms with Crippen LogP contribution in [-0.4, -0.2) is 50.4 Å². The van der Waals surface area contributed by atoms with Crippen LogP contribution in [0.25, 0.3) is 0 Å². The van der Waals surface area contributed by atoms with Crippen LogP contribution in [0.2, 0.25) is 0 Å². The Morgan fingerprint density at radius 3 is 2.48 bits per heavy atom. The van der Waals surface area contributed by atoms with E-state index in [4.69, 9.17) is 4.42 Å². The number of amides is 2. The van der Waals surface area contributed by atoms with Gasteiger partial charge in [-0.25, -0.2) is 12.7 Å². The molecule has 0 bridgehead atoms. The molecule has 128 valence electrons. The summed E-state index contributed by atoms with van der Waals surface area (Å²) in [5, 5.41) is 5.05. The van der Waals surface area contributed by atoms with E-state index in [-0.39, 0.29) is 12.5 Å². The number of hydrogen-bond acceptors (Lipinski definition) is 5. The molecule has 0 spiro atoms. The number of piperidine rings is 1. The van der Waals surface area contributed by atoms with E-state index in [2.05, 4.69) is 10.6 Å². The molecule has 1 saturated heterocycles. The van der Waals surface area contributed by atoms with Crippen molar-refractivity contribution in [3.63, 3.8) is 0 Å². The predicted octanol–water partition coefficient (Wildman–Crippen LogP) is -0.316. The van der Waals surface area contributed by atoms with Crippen molar-refractivity contribution in [2.24, 2.45) is 5.92 Å². The number of carbonyl (C=O) groups excluding carboxylic acids is 2. The highest BCUT2D eigenvalue weighted by atomic mass is 32.2.